The number of urea groups is 1. The highest BCUT2D eigenvalue weighted by molar-refractivity contribution is 5.74. The molecule has 4 rings (SSSR count). The fourth-order valence-electron chi connectivity index (χ4n) is 3.54. The molecule has 0 radical (unpaired) electrons. The summed E-state index contributed by atoms with van der Waals surface area (Å²) in [5, 5.41) is 4.55. The van der Waals surface area contributed by atoms with E-state index in [1.54, 1.807) is 6.07 Å². The number of pyridine rings is 1. The van der Waals surface area contributed by atoms with E-state index in [0.29, 0.717) is 25.3 Å². The Kier molecular flexibility index (Phi) is 4.38. The lowest BCUT2D eigenvalue weighted by Gasteiger charge is -2.32. The number of nitrogens with zero attached hydrogens (tertiary/aromatic N) is 5. The van der Waals surface area contributed by atoms with Gasteiger partial charge in [-0.2, -0.15) is 5.10 Å². The Hall–Kier alpha value is -2.44. The number of likely N-dealkylation sites (tertiary alicyclic amines) is 1. The summed E-state index contributed by atoms with van der Waals surface area (Å²) in [7, 11) is 0. The summed E-state index contributed by atoms with van der Waals surface area (Å²) in [5.74, 6) is -0.359. The number of hydrogen-bond donors (Lipinski definition) is 0. The first-order chi connectivity index (χ1) is 12.2. The lowest BCUT2D eigenvalue weighted by molar-refractivity contribution is 0.140. The first kappa shape index (κ1) is 16.1. The molecule has 0 N–H and O–H groups in total. The van der Waals surface area contributed by atoms with Crippen LogP contribution in [0.25, 0.3) is 11.4 Å². The van der Waals surface area contributed by atoms with Crippen LogP contribution in [0.1, 0.15) is 31.4 Å². The van der Waals surface area contributed by atoms with E-state index in [9.17, 15) is 9.18 Å². The molecule has 25 heavy (non-hydrogen) atoms. The molecule has 0 aliphatic carbocycles. The van der Waals surface area contributed by atoms with E-state index < -0.39 is 0 Å². The van der Waals surface area contributed by atoms with Crippen molar-refractivity contribution < 1.29 is 9.18 Å². The number of halogens is 1. The standard InChI is InChI=1S/C18H22FN5O/c19-14-5-6-16(20-12-14)17-11-15-13-23(9-10-24(15)21-17)18(25)22-7-3-1-2-4-8-22/h5-6,11-12H,1-4,7-10,13H2. The number of carbonyl (C=O) groups is 1. The van der Waals surface area contributed by atoms with E-state index in [1.165, 1.54) is 25.1 Å². The van der Waals surface area contributed by atoms with Crippen LogP contribution >= 0.6 is 0 Å². The molecular formula is C18H22FN5O. The van der Waals surface area contributed by atoms with Crippen molar-refractivity contribution in [2.45, 2.75) is 38.8 Å². The van der Waals surface area contributed by atoms with Crippen LogP contribution in [0.3, 0.4) is 0 Å². The van der Waals surface area contributed by atoms with Gasteiger partial charge in [-0.25, -0.2) is 9.18 Å². The van der Waals surface area contributed by atoms with Gasteiger partial charge in [-0.1, -0.05) is 12.8 Å². The van der Waals surface area contributed by atoms with Crippen LogP contribution < -0.4 is 0 Å². The summed E-state index contributed by atoms with van der Waals surface area (Å²) in [6.07, 6.45) is 5.81. The highest BCUT2D eigenvalue weighted by atomic mass is 19.1. The number of carbonyl (C=O) groups excluding carboxylic acids is 1. The minimum atomic E-state index is -0.359. The quantitative estimate of drug-likeness (QED) is 0.800. The first-order valence-corrected chi connectivity index (χ1v) is 8.93. The van der Waals surface area contributed by atoms with Gasteiger partial charge in [0.15, 0.2) is 0 Å². The lowest BCUT2D eigenvalue weighted by atomic mass is 10.2. The molecule has 2 aromatic rings. The number of fused-ring (bicyclic) bond motifs is 1. The van der Waals surface area contributed by atoms with Crippen molar-refractivity contribution in [3.8, 4) is 11.4 Å². The van der Waals surface area contributed by atoms with Gasteiger partial charge in [-0.15, -0.1) is 0 Å². The third kappa shape index (κ3) is 3.36. The summed E-state index contributed by atoms with van der Waals surface area (Å²) < 4.78 is 15.0. The maximum Gasteiger partial charge on any atom is 0.320 e. The van der Waals surface area contributed by atoms with Gasteiger partial charge >= 0.3 is 6.03 Å². The molecule has 2 aromatic heterocycles. The number of hydrogen-bond acceptors (Lipinski definition) is 3. The monoisotopic (exact) mass is 343 g/mol. The highest BCUT2D eigenvalue weighted by Gasteiger charge is 2.26. The van der Waals surface area contributed by atoms with Crippen LogP contribution in [-0.4, -0.2) is 50.2 Å². The predicted octanol–water partition coefficient (Wildman–Crippen LogP) is 2.90. The topological polar surface area (TPSA) is 54.3 Å². The summed E-state index contributed by atoms with van der Waals surface area (Å²) in [6.45, 7) is 3.62. The van der Waals surface area contributed by atoms with Crippen molar-refractivity contribution in [2.75, 3.05) is 19.6 Å². The second-order valence-corrected chi connectivity index (χ2v) is 6.71. The van der Waals surface area contributed by atoms with Crippen LogP contribution in [0, 0.1) is 5.82 Å². The predicted molar refractivity (Wildman–Crippen MR) is 91.3 cm³/mol. The summed E-state index contributed by atoms with van der Waals surface area (Å²) in [6, 6.07) is 5.10. The number of amides is 2. The van der Waals surface area contributed by atoms with Crippen LogP contribution in [0.5, 0.6) is 0 Å². The molecule has 4 heterocycles. The van der Waals surface area contributed by atoms with E-state index in [0.717, 1.165) is 37.3 Å². The van der Waals surface area contributed by atoms with E-state index in [2.05, 4.69) is 10.1 Å². The molecule has 0 bridgehead atoms. The zero-order chi connectivity index (χ0) is 17.2. The molecule has 7 heteroatoms. The zero-order valence-electron chi connectivity index (χ0n) is 14.2. The van der Waals surface area contributed by atoms with Crippen LogP contribution in [0.4, 0.5) is 9.18 Å². The van der Waals surface area contributed by atoms with Gasteiger partial charge in [0.2, 0.25) is 0 Å². The van der Waals surface area contributed by atoms with Crippen molar-refractivity contribution >= 4 is 6.03 Å². The van der Waals surface area contributed by atoms with Crippen molar-refractivity contribution in [1.29, 1.82) is 0 Å². The molecule has 0 atom stereocenters. The molecule has 0 saturated carbocycles. The Labute approximate surface area is 146 Å². The molecule has 1 saturated heterocycles. The van der Waals surface area contributed by atoms with E-state index in [1.807, 2.05) is 20.5 Å². The Morgan fingerprint density at radius 2 is 1.76 bits per heavy atom. The maximum absolute atomic E-state index is 13.0. The van der Waals surface area contributed by atoms with Crippen LogP contribution in [0.15, 0.2) is 24.4 Å². The average Bonchev–Trinajstić information content (AvgIpc) is 2.86. The van der Waals surface area contributed by atoms with Gasteiger partial charge in [-0.05, 0) is 31.0 Å². The second kappa shape index (κ2) is 6.82. The third-order valence-corrected chi connectivity index (χ3v) is 4.93. The molecule has 1 fully saturated rings. The Morgan fingerprint density at radius 1 is 0.960 bits per heavy atom. The van der Waals surface area contributed by atoms with Crippen molar-refractivity contribution in [3.05, 3.63) is 35.9 Å². The Bertz CT molecular complexity index is 749. The second-order valence-electron chi connectivity index (χ2n) is 6.71. The molecule has 2 amide bonds. The molecule has 132 valence electrons. The van der Waals surface area contributed by atoms with Gasteiger partial charge in [0.05, 0.1) is 30.7 Å². The van der Waals surface area contributed by atoms with Crippen molar-refractivity contribution in [2.24, 2.45) is 0 Å². The minimum absolute atomic E-state index is 0.135. The SMILES string of the molecule is O=C(N1CCCCCC1)N1CCn2nc(-c3ccc(F)cn3)cc2C1. The largest absolute Gasteiger partial charge is 0.325 e. The van der Waals surface area contributed by atoms with E-state index in [-0.39, 0.29) is 11.8 Å². The zero-order valence-corrected chi connectivity index (χ0v) is 14.2. The third-order valence-electron chi connectivity index (χ3n) is 4.93. The average molecular weight is 343 g/mol. The van der Waals surface area contributed by atoms with Crippen LogP contribution in [0.2, 0.25) is 0 Å². The van der Waals surface area contributed by atoms with E-state index >= 15 is 0 Å². The highest BCUT2D eigenvalue weighted by Crippen LogP contribution is 2.22. The number of aromatic nitrogens is 3. The molecular weight excluding hydrogens is 321 g/mol. The Balaban J connectivity index is 1.49. The smallest absolute Gasteiger partial charge is 0.320 e. The minimum Gasteiger partial charge on any atom is -0.325 e. The maximum atomic E-state index is 13.0. The number of rotatable bonds is 1. The van der Waals surface area contributed by atoms with Gasteiger partial charge < -0.3 is 9.80 Å². The first-order valence-electron chi connectivity index (χ1n) is 8.93. The van der Waals surface area contributed by atoms with Gasteiger partial charge in [0.25, 0.3) is 0 Å². The molecule has 6 nitrogen and oxygen atoms in total. The summed E-state index contributed by atoms with van der Waals surface area (Å²) in [5.41, 5.74) is 2.36. The van der Waals surface area contributed by atoms with Crippen molar-refractivity contribution in [1.82, 2.24) is 24.6 Å². The molecule has 0 aromatic carbocycles. The summed E-state index contributed by atoms with van der Waals surface area (Å²) in [4.78, 5) is 20.8. The van der Waals surface area contributed by atoms with E-state index in [4.69, 9.17) is 0 Å². The molecule has 2 aliphatic rings. The van der Waals surface area contributed by atoms with Gasteiger partial charge in [0, 0.05) is 19.6 Å². The molecule has 0 spiro atoms. The fraction of sp³-hybridized carbons (Fsp3) is 0.500. The fourth-order valence-corrected chi connectivity index (χ4v) is 3.54. The molecule has 2 aliphatic heterocycles. The van der Waals surface area contributed by atoms with Gasteiger partial charge in [-0.3, -0.25) is 9.67 Å². The lowest BCUT2D eigenvalue weighted by Crippen LogP contribution is -2.46. The molecule has 0 unspecified atom stereocenters. The van der Waals surface area contributed by atoms with Crippen LogP contribution in [-0.2, 0) is 13.1 Å². The summed E-state index contributed by atoms with van der Waals surface area (Å²) >= 11 is 0. The Morgan fingerprint density at radius 3 is 2.48 bits per heavy atom. The van der Waals surface area contributed by atoms with Crippen molar-refractivity contribution in [3.63, 3.8) is 0 Å². The van der Waals surface area contributed by atoms with Gasteiger partial charge in [0.1, 0.15) is 11.5 Å². The normalized spacial score (nSPS) is 18.0.